The Hall–Kier alpha value is -2.45. The van der Waals surface area contributed by atoms with Crippen LogP contribution >= 0.6 is 15.9 Å². The molecule has 0 atom stereocenters. The fraction of sp³-hybridized carbons (Fsp3) is 0.0870. The predicted octanol–water partition coefficient (Wildman–Crippen LogP) is 6.87. The summed E-state index contributed by atoms with van der Waals surface area (Å²) in [6.45, 7) is 0. The van der Waals surface area contributed by atoms with Gasteiger partial charge in [-0.1, -0.05) is 88.7 Å². The van der Waals surface area contributed by atoms with Gasteiger partial charge in [0.2, 0.25) is 0 Å². The minimum absolute atomic E-state index is 1.02. The van der Waals surface area contributed by atoms with Crippen LogP contribution in [0.1, 0.15) is 18.4 Å². The number of aromatic nitrogens is 1. The number of nitrogens with zero attached hydrogens (tertiary/aromatic N) is 1. The fourth-order valence-electron chi connectivity index (χ4n) is 3.08. The zero-order valence-corrected chi connectivity index (χ0v) is 15.4. The second kappa shape index (κ2) is 7.20. The fourth-order valence-corrected chi connectivity index (χ4v) is 3.41. The van der Waals surface area contributed by atoms with Crippen LogP contribution in [0.3, 0.4) is 0 Å². The first-order valence-electron chi connectivity index (χ1n) is 8.48. The van der Waals surface area contributed by atoms with Gasteiger partial charge >= 0.3 is 0 Å². The summed E-state index contributed by atoms with van der Waals surface area (Å²) < 4.78 is 1.26. The van der Waals surface area contributed by atoms with Gasteiger partial charge in [-0.05, 0) is 40.6 Å². The van der Waals surface area contributed by atoms with Crippen molar-refractivity contribution in [1.29, 1.82) is 0 Å². The Morgan fingerprint density at radius 3 is 1.68 bits per heavy atom. The molecule has 1 aliphatic carbocycles. The first-order valence-corrected chi connectivity index (χ1v) is 9.27. The van der Waals surface area contributed by atoms with E-state index in [0.29, 0.717) is 0 Å². The summed E-state index contributed by atoms with van der Waals surface area (Å²) in [4.78, 5) is 4.93. The molecule has 0 saturated carbocycles. The summed E-state index contributed by atoms with van der Waals surface area (Å²) in [6, 6.07) is 25.2. The lowest BCUT2D eigenvalue weighted by Gasteiger charge is -2.15. The number of benzene rings is 2. The highest BCUT2D eigenvalue weighted by Crippen LogP contribution is 2.33. The van der Waals surface area contributed by atoms with Crippen molar-refractivity contribution >= 4 is 21.5 Å². The standard InChI is InChI=1S/C23H18BrN/c24-21-13-11-17(12-14-21)20-15-22(18-7-3-1-4-8-18)25-23(16-20)19-9-5-2-6-10-19/h1-11,13,15-16H,12,14H2. The molecule has 25 heavy (non-hydrogen) atoms. The maximum Gasteiger partial charge on any atom is 0.0715 e. The molecule has 0 radical (unpaired) electrons. The van der Waals surface area contributed by atoms with Gasteiger partial charge in [-0.25, -0.2) is 4.98 Å². The normalized spacial score (nSPS) is 14.0. The monoisotopic (exact) mass is 387 g/mol. The number of pyridine rings is 1. The molecule has 1 aliphatic rings. The first-order chi connectivity index (χ1) is 12.3. The van der Waals surface area contributed by atoms with Crippen LogP contribution in [0.4, 0.5) is 0 Å². The Morgan fingerprint density at radius 2 is 1.20 bits per heavy atom. The van der Waals surface area contributed by atoms with Gasteiger partial charge < -0.3 is 0 Å². The van der Waals surface area contributed by atoms with E-state index in [1.54, 1.807) is 0 Å². The van der Waals surface area contributed by atoms with E-state index >= 15 is 0 Å². The van der Waals surface area contributed by atoms with Crippen molar-refractivity contribution in [2.45, 2.75) is 12.8 Å². The highest BCUT2D eigenvalue weighted by molar-refractivity contribution is 9.11. The molecular formula is C23H18BrN. The zero-order valence-electron chi connectivity index (χ0n) is 13.8. The summed E-state index contributed by atoms with van der Waals surface area (Å²) in [5, 5.41) is 0. The van der Waals surface area contributed by atoms with Crippen molar-refractivity contribution in [3.63, 3.8) is 0 Å². The molecule has 0 aliphatic heterocycles. The van der Waals surface area contributed by atoms with Crippen LogP contribution in [-0.4, -0.2) is 4.98 Å². The quantitative estimate of drug-likeness (QED) is 0.477. The van der Waals surface area contributed by atoms with Gasteiger partial charge in [0.05, 0.1) is 11.4 Å². The molecule has 4 rings (SSSR count). The Balaban J connectivity index is 1.87. The SMILES string of the molecule is BrC1=CC=C(c2cc(-c3ccccc3)nc(-c3ccccc3)c2)CC1. The average Bonchev–Trinajstić information content (AvgIpc) is 2.69. The van der Waals surface area contributed by atoms with Crippen LogP contribution in [0.5, 0.6) is 0 Å². The molecule has 1 aromatic heterocycles. The maximum atomic E-state index is 4.93. The molecule has 0 fully saturated rings. The van der Waals surface area contributed by atoms with E-state index in [2.05, 4.69) is 88.7 Å². The third-order valence-electron chi connectivity index (χ3n) is 4.43. The Morgan fingerprint density at radius 1 is 0.640 bits per heavy atom. The lowest BCUT2D eigenvalue weighted by molar-refractivity contribution is 1.04. The Kier molecular flexibility index (Phi) is 4.62. The van der Waals surface area contributed by atoms with Crippen LogP contribution in [-0.2, 0) is 0 Å². The van der Waals surface area contributed by atoms with E-state index in [1.165, 1.54) is 15.6 Å². The minimum atomic E-state index is 1.02. The summed E-state index contributed by atoms with van der Waals surface area (Å²) in [7, 11) is 0. The molecule has 0 unspecified atom stereocenters. The topological polar surface area (TPSA) is 12.9 Å². The van der Waals surface area contributed by atoms with Crippen molar-refractivity contribution < 1.29 is 0 Å². The largest absolute Gasteiger partial charge is 0.248 e. The lowest BCUT2D eigenvalue weighted by atomic mass is 9.95. The van der Waals surface area contributed by atoms with E-state index in [1.807, 2.05) is 12.1 Å². The van der Waals surface area contributed by atoms with Crippen molar-refractivity contribution in [2.24, 2.45) is 0 Å². The van der Waals surface area contributed by atoms with Crippen LogP contribution in [0.2, 0.25) is 0 Å². The molecule has 0 saturated heterocycles. The zero-order chi connectivity index (χ0) is 17.1. The van der Waals surface area contributed by atoms with Gasteiger partial charge in [0.1, 0.15) is 0 Å². The Bertz CT molecular complexity index is 883. The number of rotatable bonds is 3. The molecule has 0 spiro atoms. The van der Waals surface area contributed by atoms with Gasteiger partial charge in [0.15, 0.2) is 0 Å². The molecule has 0 N–H and O–H groups in total. The molecule has 2 heteroatoms. The van der Waals surface area contributed by atoms with Gasteiger partial charge in [-0.2, -0.15) is 0 Å². The van der Waals surface area contributed by atoms with E-state index < -0.39 is 0 Å². The minimum Gasteiger partial charge on any atom is -0.248 e. The molecule has 1 nitrogen and oxygen atoms in total. The third kappa shape index (κ3) is 3.64. The van der Waals surface area contributed by atoms with Crippen molar-refractivity contribution in [2.75, 3.05) is 0 Å². The number of hydrogen-bond acceptors (Lipinski definition) is 1. The Labute approximate surface area is 156 Å². The van der Waals surface area contributed by atoms with Crippen LogP contribution in [0.25, 0.3) is 28.1 Å². The average molecular weight is 388 g/mol. The second-order valence-electron chi connectivity index (χ2n) is 6.16. The van der Waals surface area contributed by atoms with Gasteiger partial charge in [-0.15, -0.1) is 0 Å². The van der Waals surface area contributed by atoms with Gasteiger partial charge in [0, 0.05) is 11.1 Å². The molecule has 0 bridgehead atoms. The molecule has 3 aromatic rings. The third-order valence-corrected chi connectivity index (χ3v) is 5.09. The summed E-state index contributed by atoms with van der Waals surface area (Å²) >= 11 is 3.59. The second-order valence-corrected chi connectivity index (χ2v) is 7.18. The number of hydrogen-bond donors (Lipinski definition) is 0. The van der Waals surface area contributed by atoms with E-state index in [0.717, 1.165) is 35.4 Å². The first kappa shape index (κ1) is 16.0. The lowest BCUT2D eigenvalue weighted by Crippen LogP contribution is -1.95. The van der Waals surface area contributed by atoms with Gasteiger partial charge in [0.25, 0.3) is 0 Å². The molecular weight excluding hydrogens is 370 g/mol. The van der Waals surface area contributed by atoms with Crippen LogP contribution < -0.4 is 0 Å². The maximum absolute atomic E-state index is 4.93. The molecule has 0 amide bonds. The van der Waals surface area contributed by atoms with E-state index in [9.17, 15) is 0 Å². The number of halogens is 1. The van der Waals surface area contributed by atoms with E-state index in [-0.39, 0.29) is 0 Å². The van der Waals surface area contributed by atoms with Crippen molar-refractivity contribution in [3.8, 4) is 22.5 Å². The molecule has 122 valence electrons. The van der Waals surface area contributed by atoms with Gasteiger partial charge in [-0.3, -0.25) is 0 Å². The summed E-state index contributed by atoms with van der Waals surface area (Å²) in [6.07, 6.45) is 6.47. The summed E-state index contributed by atoms with van der Waals surface area (Å²) in [5.74, 6) is 0. The van der Waals surface area contributed by atoms with E-state index in [4.69, 9.17) is 4.98 Å². The van der Waals surface area contributed by atoms with Crippen molar-refractivity contribution in [3.05, 3.63) is 95.0 Å². The smallest absolute Gasteiger partial charge is 0.0715 e. The summed E-state index contributed by atoms with van der Waals surface area (Å²) in [5.41, 5.74) is 6.95. The van der Waals surface area contributed by atoms with Crippen LogP contribution in [0, 0.1) is 0 Å². The highest BCUT2D eigenvalue weighted by Gasteiger charge is 2.12. The molecule has 1 heterocycles. The number of allylic oxidation sites excluding steroid dienone is 4. The highest BCUT2D eigenvalue weighted by atomic mass is 79.9. The molecule has 2 aromatic carbocycles. The van der Waals surface area contributed by atoms with Crippen molar-refractivity contribution in [1.82, 2.24) is 4.98 Å². The van der Waals surface area contributed by atoms with Crippen LogP contribution in [0.15, 0.2) is 89.4 Å². The predicted molar refractivity (Wildman–Crippen MR) is 109 cm³/mol.